The van der Waals surface area contributed by atoms with Gasteiger partial charge in [0.05, 0.1) is 63.2 Å². The van der Waals surface area contributed by atoms with Crippen LogP contribution in [-0.2, 0) is 16.4 Å². The van der Waals surface area contributed by atoms with Crippen LogP contribution < -0.4 is 11.1 Å². The molecule has 80 heavy (non-hydrogen) atoms. The number of hydrogen-bond acceptors (Lipinski definition) is 10. The molecule has 6 aromatic carbocycles. The van der Waals surface area contributed by atoms with Crippen molar-refractivity contribution in [3.8, 4) is 29.3 Å². The van der Waals surface area contributed by atoms with E-state index in [1.165, 1.54) is 117 Å². The van der Waals surface area contributed by atoms with Crippen molar-refractivity contribution in [1.29, 1.82) is 15.8 Å². The smallest absolute Gasteiger partial charge is 0.261 e. The highest BCUT2D eigenvalue weighted by molar-refractivity contribution is 7.92. The molecule has 0 atom stereocenters. The van der Waals surface area contributed by atoms with Gasteiger partial charge >= 0.3 is 0 Å². The lowest BCUT2D eigenvalue weighted by Gasteiger charge is -2.31. The first-order valence-electron chi connectivity index (χ1n) is 28.1. The van der Waals surface area contributed by atoms with Gasteiger partial charge in [-0.05, 0) is 61.4 Å². The number of rotatable bonds is 22. The largest absolute Gasteiger partial charge is 0.467 e. The summed E-state index contributed by atoms with van der Waals surface area (Å²) in [7, 11) is -4.13. The lowest BCUT2D eigenvalue weighted by molar-refractivity contribution is 0.0607. The molecule has 15 heteroatoms. The highest BCUT2D eigenvalue weighted by Crippen LogP contribution is 2.52. The normalized spacial score (nSPS) is 13.0. The molecule has 0 radical (unpaired) electrons. The molecule has 404 valence electrons. The van der Waals surface area contributed by atoms with E-state index in [1.54, 1.807) is 36.4 Å². The molecule has 2 aliphatic heterocycles. The predicted molar refractivity (Wildman–Crippen MR) is 311 cm³/mol. The lowest BCUT2D eigenvalue weighted by atomic mass is 9.85. The monoisotopic (exact) mass is 1080 g/mol. The van der Waals surface area contributed by atoms with Gasteiger partial charge in [-0.1, -0.05) is 148 Å². The van der Waals surface area contributed by atoms with Crippen LogP contribution in [0.1, 0.15) is 180 Å². The SMILES string of the molecule is [C-]#[N+]c1cc2c(=O)n(CCCCCCCCCCCC)c(=O)c3cc(C#N)c4c5cc(C#N)ccc5oc1c4c23.[C-]#[N+]c1cc2c3c(cc(C#N)c4c3c1S(=O)(=O)c1ccccc1-4)C(=O)N(CCCCCCCCCCCC)C2=O. The number of fused-ring (bicyclic) bond motifs is 4. The Kier molecular flexibility index (Phi) is 17.2. The van der Waals surface area contributed by atoms with Crippen molar-refractivity contribution in [2.24, 2.45) is 0 Å². The summed E-state index contributed by atoms with van der Waals surface area (Å²) in [5, 5.41) is 32.3. The van der Waals surface area contributed by atoms with Gasteiger partial charge in [-0.3, -0.25) is 28.6 Å². The second-order valence-corrected chi connectivity index (χ2v) is 22.9. The summed E-state index contributed by atoms with van der Waals surface area (Å²) < 4.78 is 34.8. The molecule has 4 heterocycles. The number of aromatic nitrogens is 1. The molecule has 8 aromatic rings. The number of imide groups is 1. The van der Waals surface area contributed by atoms with Crippen molar-refractivity contribution < 1.29 is 22.4 Å². The topological polar surface area (TPSA) is 204 Å². The quantitative estimate of drug-likeness (QED) is 0.0206. The number of benzene rings is 6. The summed E-state index contributed by atoms with van der Waals surface area (Å²) in [4.78, 5) is 62.7. The summed E-state index contributed by atoms with van der Waals surface area (Å²) >= 11 is 0. The van der Waals surface area contributed by atoms with E-state index in [2.05, 4.69) is 41.7 Å². The van der Waals surface area contributed by atoms with E-state index in [1.807, 2.05) is 0 Å². The van der Waals surface area contributed by atoms with Crippen LogP contribution in [0.25, 0.3) is 75.1 Å². The fourth-order valence-corrected chi connectivity index (χ4v) is 13.6. The number of carbonyl (C=O) groups excluding carboxylic acids is 2. The maximum atomic E-state index is 13.7. The van der Waals surface area contributed by atoms with Crippen molar-refractivity contribution in [2.45, 2.75) is 159 Å². The number of carbonyl (C=O) groups is 2. The van der Waals surface area contributed by atoms with Gasteiger partial charge in [-0.2, -0.15) is 15.8 Å². The molecule has 14 nitrogen and oxygen atoms in total. The van der Waals surface area contributed by atoms with Gasteiger partial charge in [0.1, 0.15) is 11.2 Å². The van der Waals surface area contributed by atoms with Crippen molar-refractivity contribution in [1.82, 2.24) is 9.47 Å². The summed E-state index contributed by atoms with van der Waals surface area (Å²) in [6, 6.07) is 23.4. The predicted octanol–water partition coefficient (Wildman–Crippen LogP) is 15.7. The number of nitriles is 3. The van der Waals surface area contributed by atoms with E-state index in [0.29, 0.717) is 63.2 Å². The molecule has 10 rings (SSSR count). The van der Waals surface area contributed by atoms with Gasteiger partial charge in [0.2, 0.25) is 11.4 Å². The molecule has 0 saturated carbocycles. The average Bonchev–Trinajstić information content (AvgIpc) is 3.05. The zero-order chi connectivity index (χ0) is 56.7. The molecule has 0 N–H and O–H groups in total. The van der Waals surface area contributed by atoms with E-state index >= 15 is 0 Å². The lowest BCUT2D eigenvalue weighted by Crippen LogP contribution is -2.41. The van der Waals surface area contributed by atoms with E-state index in [4.69, 9.17) is 17.6 Å². The van der Waals surface area contributed by atoms with Crippen LogP contribution in [0.5, 0.6) is 0 Å². The molecular weight excluding hydrogens is 1020 g/mol. The first kappa shape index (κ1) is 56.1. The van der Waals surface area contributed by atoms with Crippen molar-refractivity contribution in [2.75, 3.05) is 6.54 Å². The van der Waals surface area contributed by atoms with Gasteiger partial charge in [-0.25, -0.2) is 18.1 Å². The Morgan fingerprint density at radius 2 is 1.07 bits per heavy atom. The molecule has 0 saturated heterocycles. The Hall–Kier alpha value is -8.68. The summed E-state index contributed by atoms with van der Waals surface area (Å²) in [5.41, 5.74) is 1.42. The van der Waals surface area contributed by atoms with Crippen molar-refractivity contribution in [3.05, 3.63) is 138 Å². The van der Waals surface area contributed by atoms with Gasteiger partial charge in [0.25, 0.3) is 22.9 Å². The maximum Gasteiger partial charge on any atom is 0.261 e. The Bertz CT molecular complexity index is 4200. The minimum Gasteiger partial charge on any atom is -0.467 e. The van der Waals surface area contributed by atoms with Crippen LogP contribution in [0, 0.1) is 47.1 Å². The van der Waals surface area contributed by atoms with Gasteiger partial charge in [0, 0.05) is 73.0 Å². The molecule has 2 aromatic heterocycles. The van der Waals surface area contributed by atoms with Gasteiger partial charge in [0.15, 0.2) is 9.84 Å². The number of sulfone groups is 1. The number of nitrogens with zero attached hydrogens (tertiary/aromatic N) is 7. The second kappa shape index (κ2) is 24.6. The van der Waals surface area contributed by atoms with E-state index in [9.17, 15) is 43.4 Å². The summed E-state index contributed by atoms with van der Waals surface area (Å²) in [5.74, 6) is -1.06. The number of pyridine rings is 1. The fourth-order valence-electron chi connectivity index (χ4n) is 11.8. The Morgan fingerprint density at radius 1 is 0.525 bits per heavy atom. The highest BCUT2D eigenvalue weighted by Gasteiger charge is 2.41. The minimum absolute atomic E-state index is 0.00278. The summed E-state index contributed by atoms with van der Waals surface area (Å²) in [6.45, 7) is 20.5. The first-order chi connectivity index (χ1) is 38.9. The molecule has 0 unspecified atom stereocenters. The third kappa shape index (κ3) is 10.3. The fraction of sp³-hybridized carbons (Fsp3) is 0.369. The minimum atomic E-state index is -4.13. The first-order valence-corrected chi connectivity index (χ1v) is 29.6. The zero-order valence-corrected chi connectivity index (χ0v) is 46.1. The second-order valence-electron chi connectivity index (χ2n) is 21.0. The Morgan fingerprint density at radius 3 is 1.65 bits per heavy atom. The van der Waals surface area contributed by atoms with Crippen LogP contribution in [-0.4, -0.2) is 36.2 Å². The molecule has 2 amide bonds. The average molecular weight is 1080 g/mol. The van der Waals surface area contributed by atoms with E-state index < -0.39 is 32.8 Å². The number of amides is 2. The molecule has 0 fully saturated rings. The highest BCUT2D eigenvalue weighted by atomic mass is 32.2. The van der Waals surface area contributed by atoms with E-state index in [-0.39, 0.29) is 77.1 Å². The maximum absolute atomic E-state index is 13.7. The summed E-state index contributed by atoms with van der Waals surface area (Å²) in [6.07, 6.45) is 22.6. The third-order valence-electron chi connectivity index (χ3n) is 15.8. The Balaban J connectivity index is 0.000000194. The molecule has 0 aliphatic carbocycles. The standard InChI is InChI=1S/C33H30N4O3.C32H31N3O4S/c1-3-4-5-6-7-8-9-10-11-12-15-37-32(38)24-17-22(20-35)28-23-16-21(19-34)13-14-27(23)40-31-26(36-2)18-25(33(37)39)29(24)30(28)31;1-3-4-5-6-7-8-9-10-11-14-17-35-31(36)23-18-21(20-33)27-22-15-12-13-16-26(22)40(38,39)30-25(34-2)19-24(32(35)37)28(23)29(27)30/h13-14,16-18H,3-12,15H2,1H3;12-13,15-16,18-19H,3-11,14,17H2,1H3. The Labute approximate surface area is 465 Å². The number of hydrogen-bond donors (Lipinski definition) is 0. The van der Waals surface area contributed by atoms with Crippen molar-refractivity contribution in [3.63, 3.8) is 0 Å². The third-order valence-corrected chi connectivity index (χ3v) is 17.7. The number of unbranched alkanes of at least 4 members (excludes halogenated alkanes) is 18. The van der Waals surface area contributed by atoms with Gasteiger partial charge < -0.3 is 4.42 Å². The van der Waals surface area contributed by atoms with Crippen LogP contribution in [0.3, 0.4) is 0 Å². The van der Waals surface area contributed by atoms with E-state index in [0.717, 1.165) is 38.5 Å². The zero-order valence-electron chi connectivity index (χ0n) is 45.3. The molecule has 0 spiro atoms. The van der Waals surface area contributed by atoms with Crippen LogP contribution in [0.15, 0.2) is 90.5 Å². The molecule has 0 bridgehead atoms. The molecular formula is C65H61N7O7S. The van der Waals surface area contributed by atoms with Crippen LogP contribution >= 0.6 is 0 Å². The molecule has 2 aliphatic rings. The van der Waals surface area contributed by atoms with Gasteiger partial charge in [-0.15, -0.1) is 0 Å². The van der Waals surface area contributed by atoms with Crippen LogP contribution in [0.2, 0.25) is 0 Å². The van der Waals surface area contributed by atoms with Crippen LogP contribution in [0.4, 0.5) is 11.4 Å². The van der Waals surface area contributed by atoms with Crippen molar-refractivity contribution >= 4 is 87.3 Å².